The standard InChI is InChI=1S/C24H27N3S/c1-25-15-17-26(18-16-25)13-6-14-27-21-9-4-5-10-23(21)28-24-20-8-3-2-7-19(20)11-12-22(24)27/h2-5,7-12H,6,13-18H2,1H3. The predicted octanol–water partition coefficient (Wildman–Crippen LogP) is 5.08. The van der Waals surface area contributed by atoms with E-state index in [1.165, 1.54) is 71.1 Å². The average Bonchev–Trinajstić information content (AvgIpc) is 2.74. The first-order chi connectivity index (χ1) is 13.8. The first-order valence-corrected chi connectivity index (χ1v) is 11.1. The summed E-state index contributed by atoms with van der Waals surface area (Å²) in [6, 6.07) is 22.2. The molecule has 0 atom stereocenters. The highest BCUT2D eigenvalue weighted by Crippen LogP contribution is 2.50. The molecular weight excluding hydrogens is 362 g/mol. The normalized spacial score (nSPS) is 17.5. The molecule has 1 fully saturated rings. The first-order valence-electron chi connectivity index (χ1n) is 10.3. The van der Waals surface area contributed by atoms with Gasteiger partial charge in [0.05, 0.1) is 11.4 Å². The third-order valence-corrected chi connectivity index (χ3v) is 7.17. The van der Waals surface area contributed by atoms with E-state index in [2.05, 4.69) is 82.4 Å². The molecule has 5 rings (SSSR count). The van der Waals surface area contributed by atoms with Crippen molar-refractivity contribution in [3.8, 4) is 0 Å². The van der Waals surface area contributed by atoms with E-state index in [-0.39, 0.29) is 0 Å². The van der Waals surface area contributed by atoms with Crippen LogP contribution in [0.5, 0.6) is 0 Å². The molecule has 0 bridgehead atoms. The summed E-state index contributed by atoms with van der Waals surface area (Å²) in [5.74, 6) is 0. The van der Waals surface area contributed by atoms with E-state index in [9.17, 15) is 0 Å². The van der Waals surface area contributed by atoms with Gasteiger partial charge in [0.25, 0.3) is 0 Å². The van der Waals surface area contributed by atoms with Crippen LogP contribution in [-0.4, -0.2) is 56.1 Å². The van der Waals surface area contributed by atoms with Crippen molar-refractivity contribution in [1.82, 2.24) is 9.80 Å². The molecule has 3 nitrogen and oxygen atoms in total. The molecule has 0 amide bonds. The Morgan fingerprint density at radius 1 is 0.786 bits per heavy atom. The Morgan fingerprint density at radius 3 is 2.46 bits per heavy atom. The average molecular weight is 390 g/mol. The number of para-hydroxylation sites is 1. The molecule has 4 heteroatoms. The van der Waals surface area contributed by atoms with E-state index in [0.29, 0.717) is 0 Å². The van der Waals surface area contributed by atoms with Crippen LogP contribution in [0.2, 0.25) is 0 Å². The fraction of sp³-hybridized carbons (Fsp3) is 0.333. The zero-order valence-electron chi connectivity index (χ0n) is 16.5. The lowest BCUT2D eigenvalue weighted by Crippen LogP contribution is -2.45. The van der Waals surface area contributed by atoms with Gasteiger partial charge in [-0.25, -0.2) is 0 Å². The molecule has 0 aromatic heterocycles. The van der Waals surface area contributed by atoms with Crippen molar-refractivity contribution >= 4 is 33.9 Å². The summed E-state index contributed by atoms with van der Waals surface area (Å²) in [5.41, 5.74) is 2.72. The number of hydrogen-bond acceptors (Lipinski definition) is 4. The van der Waals surface area contributed by atoms with Crippen LogP contribution in [0.3, 0.4) is 0 Å². The molecule has 2 heterocycles. The number of rotatable bonds is 4. The Bertz CT molecular complexity index is 979. The Balaban J connectivity index is 1.42. The number of fused-ring (bicyclic) bond motifs is 4. The van der Waals surface area contributed by atoms with E-state index < -0.39 is 0 Å². The van der Waals surface area contributed by atoms with Crippen molar-refractivity contribution in [2.24, 2.45) is 0 Å². The number of anilines is 2. The second kappa shape index (κ2) is 7.78. The lowest BCUT2D eigenvalue weighted by Gasteiger charge is -2.35. The molecule has 0 N–H and O–H groups in total. The highest BCUT2D eigenvalue weighted by molar-refractivity contribution is 8.00. The minimum atomic E-state index is 1.06. The van der Waals surface area contributed by atoms with E-state index in [1.54, 1.807) is 0 Å². The summed E-state index contributed by atoms with van der Waals surface area (Å²) in [6.07, 6.45) is 1.19. The molecule has 0 aliphatic carbocycles. The summed E-state index contributed by atoms with van der Waals surface area (Å²) < 4.78 is 0. The van der Waals surface area contributed by atoms with E-state index >= 15 is 0 Å². The van der Waals surface area contributed by atoms with Gasteiger partial charge < -0.3 is 14.7 Å². The highest BCUT2D eigenvalue weighted by Gasteiger charge is 2.24. The number of piperazine rings is 1. The predicted molar refractivity (Wildman–Crippen MR) is 120 cm³/mol. The van der Waals surface area contributed by atoms with Crippen LogP contribution in [0.4, 0.5) is 11.4 Å². The number of likely N-dealkylation sites (N-methyl/N-ethyl adjacent to an activating group) is 1. The maximum Gasteiger partial charge on any atom is 0.0559 e. The third-order valence-electron chi connectivity index (χ3n) is 5.97. The van der Waals surface area contributed by atoms with Gasteiger partial charge in [0, 0.05) is 42.5 Å². The fourth-order valence-corrected chi connectivity index (χ4v) is 5.55. The molecule has 2 aliphatic rings. The minimum Gasteiger partial charge on any atom is -0.340 e. The van der Waals surface area contributed by atoms with Gasteiger partial charge in [-0.3, -0.25) is 0 Å². The van der Waals surface area contributed by atoms with Crippen LogP contribution < -0.4 is 4.90 Å². The number of nitrogens with zero attached hydrogens (tertiary/aromatic N) is 3. The molecular formula is C24H27N3S. The quantitative estimate of drug-likeness (QED) is 0.615. The maximum absolute atomic E-state index is 2.62. The molecule has 144 valence electrons. The smallest absolute Gasteiger partial charge is 0.0559 e. The van der Waals surface area contributed by atoms with E-state index in [1.807, 2.05) is 11.8 Å². The van der Waals surface area contributed by atoms with Crippen molar-refractivity contribution in [2.75, 3.05) is 51.2 Å². The monoisotopic (exact) mass is 389 g/mol. The Kier molecular flexibility index (Phi) is 5.02. The lowest BCUT2D eigenvalue weighted by molar-refractivity contribution is 0.153. The lowest BCUT2D eigenvalue weighted by atomic mass is 10.1. The molecule has 28 heavy (non-hydrogen) atoms. The Labute approximate surface area is 171 Å². The van der Waals surface area contributed by atoms with E-state index in [4.69, 9.17) is 0 Å². The van der Waals surface area contributed by atoms with Crippen molar-refractivity contribution < 1.29 is 0 Å². The molecule has 0 radical (unpaired) electrons. The van der Waals surface area contributed by atoms with Crippen LogP contribution >= 0.6 is 11.8 Å². The van der Waals surface area contributed by atoms with Crippen molar-refractivity contribution in [2.45, 2.75) is 16.2 Å². The topological polar surface area (TPSA) is 9.72 Å². The van der Waals surface area contributed by atoms with Gasteiger partial charge in [-0.05, 0) is 49.0 Å². The molecule has 0 unspecified atom stereocenters. The first kappa shape index (κ1) is 18.0. The third kappa shape index (κ3) is 3.41. The van der Waals surface area contributed by atoms with Gasteiger partial charge in [-0.15, -0.1) is 0 Å². The van der Waals surface area contributed by atoms with Gasteiger partial charge in [0.2, 0.25) is 0 Å². The van der Waals surface area contributed by atoms with Crippen LogP contribution in [0.15, 0.2) is 70.5 Å². The summed E-state index contributed by atoms with van der Waals surface area (Å²) >= 11 is 1.92. The number of benzene rings is 3. The zero-order valence-corrected chi connectivity index (χ0v) is 17.3. The summed E-state index contributed by atoms with van der Waals surface area (Å²) in [4.78, 5) is 10.4. The largest absolute Gasteiger partial charge is 0.340 e. The van der Waals surface area contributed by atoms with E-state index in [0.717, 1.165) is 6.54 Å². The highest BCUT2D eigenvalue weighted by atomic mass is 32.2. The van der Waals surface area contributed by atoms with Crippen LogP contribution in [0.1, 0.15) is 6.42 Å². The second-order valence-corrected chi connectivity index (χ2v) is 8.91. The fourth-order valence-electron chi connectivity index (χ4n) is 4.32. The van der Waals surface area contributed by atoms with Crippen LogP contribution in [-0.2, 0) is 0 Å². The van der Waals surface area contributed by atoms with Gasteiger partial charge in [-0.1, -0.05) is 54.2 Å². The Hall–Kier alpha value is -2.01. The van der Waals surface area contributed by atoms with Crippen LogP contribution in [0.25, 0.3) is 10.8 Å². The SMILES string of the molecule is CN1CCN(CCCN2c3ccccc3Sc3c2ccc2ccccc32)CC1. The summed E-state index contributed by atoms with van der Waals surface area (Å²) in [7, 11) is 2.22. The van der Waals surface area contributed by atoms with Gasteiger partial charge in [-0.2, -0.15) is 0 Å². The zero-order chi connectivity index (χ0) is 18.9. The minimum absolute atomic E-state index is 1.06. The van der Waals surface area contributed by atoms with Gasteiger partial charge in [0.15, 0.2) is 0 Å². The van der Waals surface area contributed by atoms with Crippen LogP contribution in [0, 0.1) is 0 Å². The molecule has 3 aromatic rings. The van der Waals surface area contributed by atoms with Crippen molar-refractivity contribution in [1.29, 1.82) is 0 Å². The van der Waals surface area contributed by atoms with Crippen molar-refractivity contribution in [3.63, 3.8) is 0 Å². The Morgan fingerprint density at radius 2 is 1.57 bits per heavy atom. The van der Waals surface area contributed by atoms with Gasteiger partial charge in [0.1, 0.15) is 0 Å². The number of hydrogen-bond donors (Lipinski definition) is 0. The molecule has 3 aromatic carbocycles. The van der Waals surface area contributed by atoms with Crippen molar-refractivity contribution in [3.05, 3.63) is 60.7 Å². The summed E-state index contributed by atoms with van der Waals surface area (Å²) in [6.45, 7) is 7.03. The summed E-state index contributed by atoms with van der Waals surface area (Å²) in [5, 5.41) is 2.69. The second-order valence-electron chi connectivity index (χ2n) is 7.85. The molecule has 1 saturated heterocycles. The van der Waals surface area contributed by atoms with Gasteiger partial charge >= 0.3 is 0 Å². The molecule has 2 aliphatic heterocycles. The molecule has 0 saturated carbocycles. The molecule has 0 spiro atoms. The maximum atomic E-state index is 2.62.